The molecule has 1 N–H and O–H groups in total. The maximum atomic E-state index is 12.8. The standard InChI is InChI=1S/C22H21IN2O5S/c1-4-30-17-10-14(9-15(23)20(17)29-3)11-18-21(27)25(22(28)31-18)12-19(26)24-16-8-6-5-7-13(16)2/h5-11H,4,12H2,1-3H3,(H,24,26)/b18-11+. The van der Waals surface area contributed by atoms with E-state index in [1.165, 1.54) is 0 Å². The van der Waals surface area contributed by atoms with Gasteiger partial charge in [0.05, 0.1) is 22.2 Å². The lowest BCUT2D eigenvalue weighted by Gasteiger charge is -2.13. The lowest BCUT2D eigenvalue weighted by atomic mass is 10.2. The molecular formula is C22H21IN2O5S. The van der Waals surface area contributed by atoms with Crippen LogP contribution in [-0.4, -0.2) is 42.2 Å². The molecule has 1 aliphatic rings. The lowest BCUT2D eigenvalue weighted by molar-refractivity contribution is -0.127. The molecule has 0 radical (unpaired) electrons. The Balaban J connectivity index is 1.77. The second kappa shape index (κ2) is 10.2. The maximum absolute atomic E-state index is 12.8. The number of anilines is 1. The van der Waals surface area contributed by atoms with E-state index < -0.39 is 17.1 Å². The molecule has 2 aromatic rings. The summed E-state index contributed by atoms with van der Waals surface area (Å²) in [5, 5.41) is 2.26. The summed E-state index contributed by atoms with van der Waals surface area (Å²) < 4.78 is 11.8. The Hall–Kier alpha value is -2.53. The van der Waals surface area contributed by atoms with Crippen molar-refractivity contribution in [1.29, 1.82) is 0 Å². The highest BCUT2D eigenvalue weighted by atomic mass is 127. The third-order valence-corrected chi connectivity index (χ3v) is 6.14. The van der Waals surface area contributed by atoms with Crippen LogP contribution in [0.2, 0.25) is 0 Å². The third kappa shape index (κ3) is 5.40. The van der Waals surface area contributed by atoms with E-state index in [9.17, 15) is 14.4 Å². The Morgan fingerprint density at radius 2 is 2.00 bits per heavy atom. The van der Waals surface area contributed by atoms with Crippen LogP contribution in [0.15, 0.2) is 41.3 Å². The molecule has 0 aromatic heterocycles. The Morgan fingerprint density at radius 3 is 2.68 bits per heavy atom. The van der Waals surface area contributed by atoms with E-state index in [4.69, 9.17) is 9.47 Å². The van der Waals surface area contributed by atoms with Crippen molar-refractivity contribution in [2.75, 3.05) is 25.6 Å². The normalized spacial score (nSPS) is 14.8. The average molecular weight is 552 g/mol. The number of ether oxygens (including phenoxy) is 2. The zero-order valence-corrected chi connectivity index (χ0v) is 20.2. The van der Waals surface area contributed by atoms with Gasteiger partial charge in [-0.15, -0.1) is 0 Å². The summed E-state index contributed by atoms with van der Waals surface area (Å²) in [5.74, 6) is 0.231. The molecule has 1 fully saturated rings. The summed E-state index contributed by atoms with van der Waals surface area (Å²) in [6, 6.07) is 10.9. The smallest absolute Gasteiger partial charge is 0.294 e. The first-order valence-corrected chi connectivity index (χ1v) is 11.3. The molecule has 1 saturated heterocycles. The van der Waals surface area contributed by atoms with Crippen LogP contribution in [0, 0.1) is 10.5 Å². The van der Waals surface area contributed by atoms with Gasteiger partial charge in [-0.1, -0.05) is 18.2 Å². The number of para-hydroxylation sites is 1. The van der Waals surface area contributed by atoms with Crippen molar-refractivity contribution in [3.8, 4) is 11.5 Å². The second-order valence-electron chi connectivity index (χ2n) is 6.60. The predicted octanol–water partition coefficient (Wildman–Crippen LogP) is 4.68. The summed E-state index contributed by atoms with van der Waals surface area (Å²) in [6.45, 7) is 3.85. The molecule has 0 bridgehead atoms. The number of amides is 3. The van der Waals surface area contributed by atoms with Crippen molar-refractivity contribution in [1.82, 2.24) is 4.90 Å². The molecule has 1 heterocycles. The van der Waals surface area contributed by atoms with Gasteiger partial charge in [-0.05, 0) is 83.6 Å². The van der Waals surface area contributed by atoms with Gasteiger partial charge in [0.2, 0.25) is 5.91 Å². The lowest BCUT2D eigenvalue weighted by Crippen LogP contribution is -2.36. The van der Waals surface area contributed by atoms with Gasteiger partial charge < -0.3 is 14.8 Å². The zero-order chi connectivity index (χ0) is 22.5. The number of thioether (sulfide) groups is 1. The van der Waals surface area contributed by atoms with Crippen LogP contribution in [0.5, 0.6) is 11.5 Å². The summed E-state index contributed by atoms with van der Waals surface area (Å²) in [5.41, 5.74) is 2.24. The molecule has 162 valence electrons. The van der Waals surface area contributed by atoms with Gasteiger partial charge in [0.1, 0.15) is 6.54 Å². The topological polar surface area (TPSA) is 84.9 Å². The second-order valence-corrected chi connectivity index (χ2v) is 8.75. The van der Waals surface area contributed by atoms with E-state index in [2.05, 4.69) is 27.9 Å². The van der Waals surface area contributed by atoms with Crippen molar-refractivity contribution in [3.63, 3.8) is 0 Å². The van der Waals surface area contributed by atoms with E-state index in [0.29, 0.717) is 29.4 Å². The first-order chi connectivity index (χ1) is 14.8. The Kier molecular flexibility index (Phi) is 7.60. The fraction of sp³-hybridized carbons (Fsp3) is 0.227. The molecule has 0 saturated carbocycles. The van der Waals surface area contributed by atoms with Gasteiger partial charge in [0.25, 0.3) is 11.1 Å². The van der Waals surface area contributed by atoms with Crippen LogP contribution in [0.4, 0.5) is 10.5 Å². The molecule has 1 aliphatic heterocycles. The van der Waals surface area contributed by atoms with E-state index in [0.717, 1.165) is 25.8 Å². The van der Waals surface area contributed by atoms with Gasteiger partial charge in [-0.3, -0.25) is 19.3 Å². The zero-order valence-electron chi connectivity index (χ0n) is 17.2. The van der Waals surface area contributed by atoms with Crippen molar-refractivity contribution in [3.05, 3.63) is 56.0 Å². The number of rotatable bonds is 7. The number of imide groups is 1. The minimum absolute atomic E-state index is 0.247. The number of benzene rings is 2. The molecule has 2 aromatic carbocycles. The third-order valence-electron chi connectivity index (χ3n) is 4.43. The first kappa shape index (κ1) is 23.1. The molecule has 9 heteroatoms. The Bertz CT molecular complexity index is 1070. The molecule has 31 heavy (non-hydrogen) atoms. The summed E-state index contributed by atoms with van der Waals surface area (Å²) >= 11 is 2.93. The highest BCUT2D eigenvalue weighted by Gasteiger charge is 2.36. The van der Waals surface area contributed by atoms with E-state index in [1.54, 1.807) is 31.4 Å². The Morgan fingerprint density at radius 1 is 1.26 bits per heavy atom. The van der Waals surface area contributed by atoms with Crippen LogP contribution in [-0.2, 0) is 9.59 Å². The number of carbonyl (C=O) groups is 3. The molecule has 0 unspecified atom stereocenters. The SMILES string of the molecule is CCOc1cc(/C=C2/SC(=O)N(CC(=O)Nc3ccccc3C)C2=O)cc(I)c1OC. The summed E-state index contributed by atoms with van der Waals surface area (Å²) in [4.78, 5) is 38.7. The van der Waals surface area contributed by atoms with Crippen molar-refractivity contribution < 1.29 is 23.9 Å². The van der Waals surface area contributed by atoms with Gasteiger partial charge in [-0.25, -0.2) is 0 Å². The maximum Gasteiger partial charge on any atom is 0.294 e. The van der Waals surface area contributed by atoms with Gasteiger partial charge in [0.15, 0.2) is 11.5 Å². The molecule has 0 spiro atoms. The number of hydrogen-bond acceptors (Lipinski definition) is 6. The first-order valence-electron chi connectivity index (χ1n) is 9.45. The predicted molar refractivity (Wildman–Crippen MR) is 129 cm³/mol. The number of carbonyl (C=O) groups excluding carboxylic acids is 3. The molecule has 3 amide bonds. The van der Waals surface area contributed by atoms with Crippen molar-refractivity contribution in [2.45, 2.75) is 13.8 Å². The van der Waals surface area contributed by atoms with Gasteiger partial charge in [-0.2, -0.15) is 0 Å². The summed E-state index contributed by atoms with van der Waals surface area (Å²) in [7, 11) is 1.56. The molecular weight excluding hydrogens is 531 g/mol. The molecule has 3 rings (SSSR count). The van der Waals surface area contributed by atoms with Gasteiger partial charge >= 0.3 is 0 Å². The van der Waals surface area contributed by atoms with Crippen LogP contribution < -0.4 is 14.8 Å². The van der Waals surface area contributed by atoms with Gasteiger partial charge in [0, 0.05) is 5.69 Å². The minimum atomic E-state index is -0.501. The number of aryl methyl sites for hydroxylation is 1. The molecule has 0 aliphatic carbocycles. The van der Waals surface area contributed by atoms with Crippen LogP contribution in [0.3, 0.4) is 0 Å². The number of nitrogens with zero attached hydrogens (tertiary/aromatic N) is 1. The van der Waals surface area contributed by atoms with E-state index in [1.807, 2.05) is 32.0 Å². The number of methoxy groups -OCH3 is 1. The minimum Gasteiger partial charge on any atom is -0.492 e. The number of halogens is 1. The number of hydrogen-bond donors (Lipinski definition) is 1. The highest BCUT2D eigenvalue weighted by Crippen LogP contribution is 2.37. The van der Waals surface area contributed by atoms with E-state index in [-0.39, 0.29) is 11.4 Å². The largest absolute Gasteiger partial charge is 0.492 e. The van der Waals surface area contributed by atoms with Crippen LogP contribution in [0.25, 0.3) is 6.08 Å². The summed E-state index contributed by atoms with van der Waals surface area (Å²) in [6.07, 6.45) is 1.62. The van der Waals surface area contributed by atoms with Crippen LogP contribution >= 0.6 is 34.4 Å². The molecule has 7 nitrogen and oxygen atoms in total. The quantitative estimate of drug-likeness (QED) is 0.397. The van der Waals surface area contributed by atoms with E-state index >= 15 is 0 Å². The Labute approximate surface area is 198 Å². The van der Waals surface area contributed by atoms with Crippen molar-refractivity contribution >= 4 is 63.2 Å². The highest BCUT2D eigenvalue weighted by molar-refractivity contribution is 14.1. The average Bonchev–Trinajstić information content (AvgIpc) is 2.97. The van der Waals surface area contributed by atoms with Crippen LogP contribution in [0.1, 0.15) is 18.1 Å². The fourth-order valence-electron chi connectivity index (χ4n) is 2.97. The fourth-order valence-corrected chi connectivity index (χ4v) is 4.65. The molecule has 0 atom stereocenters. The van der Waals surface area contributed by atoms with Crippen molar-refractivity contribution in [2.24, 2.45) is 0 Å². The number of nitrogens with one attached hydrogen (secondary N) is 1. The monoisotopic (exact) mass is 552 g/mol.